The number of anilines is 1. The van der Waals surface area contributed by atoms with E-state index in [-0.39, 0.29) is 23.8 Å². The lowest BCUT2D eigenvalue weighted by molar-refractivity contribution is -0.141. The Bertz CT molecular complexity index is 1090. The molecular weight excluding hydrogens is 482 g/mol. The first kappa shape index (κ1) is 26.7. The normalized spacial score (nSPS) is 33.5. The highest BCUT2D eigenvalue weighted by Crippen LogP contribution is 2.55. The number of fused-ring (bicyclic) bond motifs is 1. The minimum atomic E-state index is -1.12. The summed E-state index contributed by atoms with van der Waals surface area (Å²) in [6, 6.07) is 6.50. The standard InChI is InChI=1S/C30H41N3O5/c1-5-37-21-12-10-20(11-13-21)31-27(34)24-23-14-16-30(38-23)25(24)29(36)33(17-15-18(2)3)26(30)28(35)32-22-9-7-6-8-19(22)4/h10-14,16,18-19,22-26H,5-9,15,17H2,1-4H3,(H,31,34)(H,32,35). The molecule has 1 saturated carbocycles. The average molecular weight is 524 g/mol. The molecule has 7 atom stereocenters. The monoisotopic (exact) mass is 523 g/mol. The summed E-state index contributed by atoms with van der Waals surface area (Å²) in [5.74, 6) is -0.542. The number of benzene rings is 1. The number of hydrogen-bond acceptors (Lipinski definition) is 5. The zero-order valence-electron chi connectivity index (χ0n) is 22.9. The van der Waals surface area contributed by atoms with Crippen molar-refractivity contribution in [3.63, 3.8) is 0 Å². The van der Waals surface area contributed by atoms with Crippen LogP contribution in [0, 0.1) is 23.7 Å². The van der Waals surface area contributed by atoms with E-state index >= 15 is 0 Å². The summed E-state index contributed by atoms with van der Waals surface area (Å²) in [6.07, 6.45) is 8.29. The van der Waals surface area contributed by atoms with E-state index in [0.29, 0.717) is 30.7 Å². The fourth-order valence-electron chi connectivity index (χ4n) is 6.72. The first-order chi connectivity index (χ1) is 18.2. The highest BCUT2D eigenvalue weighted by Gasteiger charge is 2.72. The van der Waals surface area contributed by atoms with Gasteiger partial charge in [-0.25, -0.2) is 0 Å². The molecule has 8 nitrogen and oxygen atoms in total. The Labute approximate surface area is 225 Å². The van der Waals surface area contributed by atoms with Crippen LogP contribution in [0.5, 0.6) is 5.75 Å². The van der Waals surface area contributed by atoms with Crippen LogP contribution in [0.25, 0.3) is 0 Å². The minimum absolute atomic E-state index is 0.0927. The summed E-state index contributed by atoms with van der Waals surface area (Å²) in [6.45, 7) is 9.33. The number of carbonyl (C=O) groups excluding carboxylic acids is 3. The number of rotatable bonds is 9. The number of ether oxygens (including phenoxy) is 2. The lowest BCUT2D eigenvalue weighted by Gasteiger charge is -2.36. The molecule has 1 spiro atoms. The van der Waals surface area contributed by atoms with E-state index in [0.717, 1.165) is 31.4 Å². The van der Waals surface area contributed by atoms with Crippen molar-refractivity contribution >= 4 is 23.4 Å². The fraction of sp³-hybridized carbons (Fsp3) is 0.633. The summed E-state index contributed by atoms with van der Waals surface area (Å²) < 4.78 is 11.9. The predicted molar refractivity (Wildman–Crippen MR) is 144 cm³/mol. The summed E-state index contributed by atoms with van der Waals surface area (Å²) in [5.41, 5.74) is -0.497. The zero-order chi connectivity index (χ0) is 27.0. The van der Waals surface area contributed by atoms with Crippen LogP contribution in [0.15, 0.2) is 36.4 Å². The summed E-state index contributed by atoms with van der Waals surface area (Å²) in [5, 5.41) is 6.25. The Morgan fingerprint density at radius 2 is 1.89 bits per heavy atom. The second kappa shape index (κ2) is 10.7. The molecule has 1 aromatic carbocycles. The van der Waals surface area contributed by atoms with Gasteiger partial charge in [-0.15, -0.1) is 0 Å². The second-order valence-electron chi connectivity index (χ2n) is 11.7. The number of nitrogens with zero attached hydrogens (tertiary/aromatic N) is 1. The molecule has 4 aliphatic rings. The quantitative estimate of drug-likeness (QED) is 0.479. The molecule has 5 rings (SSSR count). The van der Waals surface area contributed by atoms with Crippen molar-refractivity contribution in [1.82, 2.24) is 10.2 Å². The van der Waals surface area contributed by atoms with Crippen LogP contribution in [0.1, 0.15) is 59.8 Å². The Kier molecular flexibility index (Phi) is 7.54. The minimum Gasteiger partial charge on any atom is -0.494 e. The molecule has 38 heavy (non-hydrogen) atoms. The van der Waals surface area contributed by atoms with Crippen molar-refractivity contribution in [3.8, 4) is 5.75 Å². The van der Waals surface area contributed by atoms with Crippen LogP contribution in [-0.4, -0.2) is 59.6 Å². The molecule has 1 aromatic rings. The van der Waals surface area contributed by atoms with Gasteiger partial charge in [-0.3, -0.25) is 14.4 Å². The van der Waals surface area contributed by atoms with E-state index in [2.05, 4.69) is 31.4 Å². The number of likely N-dealkylation sites (tertiary alicyclic amines) is 1. The summed E-state index contributed by atoms with van der Waals surface area (Å²) in [7, 11) is 0. The highest BCUT2D eigenvalue weighted by atomic mass is 16.5. The fourth-order valence-corrected chi connectivity index (χ4v) is 6.72. The maximum atomic E-state index is 14.0. The van der Waals surface area contributed by atoms with E-state index in [4.69, 9.17) is 9.47 Å². The van der Waals surface area contributed by atoms with Gasteiger partial charge >= 0.3 is 0 Å². The Balaban J connectivity index is 1.40. The molecule has 3 amide bonds. The van der Waals surface area contributed by atoms with E-state index < -0.39 is 29.6 Å². The molecule has 0 radical (unpaired) electrons. The van der Waals surface area contributed by atoms with Crippen molar-refractivity contribution in [1.29, 1.82) is 0 Å². The van der Waals surface area contributed by atoms with E-state index in [1.54, 1.807) is 29.2 Å². The largest absolute Gasteiger partial charge is 0.494 e. The zero-order valence-corrected chi connectivity index (χ0v) is 22.9. The molecule has 2 N–H and O–H groups in total. The van der Waals surface area contributed by atoms with Crippen LogP contribution in [-0.2, 0) is 19.1 Å². The number of carbonyl (C=O) groups is 3. The Morgan fingerprint density at radius 3 is 2.58 bits per heavy atom. The molecular formula is C30H41N3O5. The van der Waals surface area contributed by atoms with Gasteiger partial charge in [0, 0.05) is 18.3 Å². The molecule has 2 saturated heterocycles. The van der Waals surface area contributed by atoms with Gasteiger partial charge in [0.05, 0.1) is 24.5 Å². The molecule has 8 heteroatoms. The van der Waals surface area contributed by atoms with Crippen molar-refractivity contribution < 1.29 is 23.9 Å². The van der Waals surface area contributed by atoms with Gasteiger partial charge in [0.1, 0.15) is 17.4 Å². The highest BCUT2D eigenvalue weighted by molar-refractivity contribution is 6.02. The van der Waals surface area contributed by atoms with Gasteiger partial charge in [0.15, 0.2) is 0 Å². The molecule has 1 aliphatic carbocycles. The van der Waals surface area contributed by atoms with Gasteiger partial charge in [0.2, 0.25) is 17.7 Å². The number of amides is 3. The van der Waals surface area contributed by atoms with Gasteiger partial charge in [-0.1, -0.05) is 45.8 Å². The van der Waals surface area contributed by atoms with Gasteiger partial charge in [-0.2, -0.15) is 0 Å². The van der Waals surface area contributed by atoms with Crippen LogP contribution in [0.3, 0.4) is 0 Å². The first-order valence-electron chi connectivity index (χ1n) is 14.3. The molecule has 3 aliphatic heterocycles. The molecule has 0 aromatic heterocycles. The van der Waals surface area contributed by atoms with Crippen molar-refractivity contribution in [2.45, 2.75) is 83.6 Å². The topological polar surface area (TPSA) is 97.0 Å². The second-order valence-corrected chi connectivity index (χ2v) is 11.7. The van der Waals surface area contributed by atoms with Crippen LogP contribution in [0.4, 0.5) is 5.69 Å². The average Bonchev–Trinajstić information content (AvgIpc) is 3.52. The SMILES string of the molecule is CCOc1ccc(NC(=O)C2C3C=CC4(O3)C2C(=O)N(CCC(C)C)C4C(=O)NC2CCCCC2C)cc1. The molecule has 3 heterocycles. The summed E-state index contributed by atoms with van der Waals surface area (Å²) in [4.78, 5) is 43.2. The van der Waals surface area contributed by atoms with Crippen LogP contribution in [0.2, 0.25) is 0 Å². The van der Waals surface area contributed by atoms with Crippen molar-refractivity contribution in [2.24, 2.45) is 23.7 Å². The molecule has 3 fully saturated rings. The molecule has 206 valence electrons. The van der Waals surface area contributed by atoms with Gasteiger partial charge in [-0.05, 0) is 62.3 Å². The Morgan fingerprint density at radius 1 is 1.16 bits per heavy atom. The third kappa shape index (κ3) is 4.72. The van der Waals surface area contributed by atoms with Gasteiger partial charge < -0.3 is 25.0 Å². The lowest BCUT2D eigenvalue weighted by atomic mass is 9.74. The first-order valence-corrected chi connectivity index (χ1v) is 14.3. The third-order valence-corrected chi connectivity index (χ3v) is 8.74. The third-order valence-electron chi connectivity index (χ3n) is 8.74. The van der Waals surface area contributed by atoms with Crippen molar-refractivity contribution in [3.05, 3.63) is 36.4 Å². The number of nitrogens with one attached hydrogen (secondary N) is 2. The van der Waals surface area contributed by atoms with Crippen molar-refractivity contribution in [2.75, 3.05) is 18.5 Å². The van der Waals surface area contributed by atoms with Crippen LogP contribution >= 0.6 is 0 Å². The molecule has 7 unspecified atom stereocenters. The Hall–Kier alpha value is -2.87. The maximum Gasteiger partial charge on any atom is 0.246 e. The van der Waals surface area contributed by atoms with E-state index in [9.17, 15) is 14.4 Å². The van der Waals surface area contributed by atoms with Crippen LogP contribution < -0.4 is 15.4 Å². The van der Waals surface area contributed by atoms with Gasteiger partial charge in [0.25, 0.3) is 0 Å². The lowest BCUT2D eigenvalue weighted by Crippen LogP contribution is -2.57. The smallest absolute Gasteiger partial charge is 0.246 e. The number of hydrogen-bond donors (Lipinski definition) is 2. The maximum absolute atomic E-state index is 14.0. The predicted octanol–water partition coefficient (Wildman–Crippen LogP) is 3.92. The summed E-state index contributed by atoms with van der Waals surface area (Å²) >= 11 is 0. The molecule has 2 bridgehead atoms. The van der Waals surface area contributed by atoms with E-state index in [1.165, 1.54) is 6.42 Å². The van der Waals surface area contributed by atoms with E-state index in [1.807, 2.05) is 19.1 Å².